The summed E-state index contributed by atoms with van der Waals surface area (Å²) in [6.07, 6.45) is 1.69. The maximum atomic E-state index is 12.2. The number of aliphatic imine (C=N–C) groups is 1. The van der Waals surface area contributed by atoms with E-state index < -0.39 is 11.9 Å². The standard InChI is InChI=1S/C16H18N2O3/c1-10-14(16(20)21-4)15(19)13(17-10)9-11-5-7-12(8-6-11)18(2)3/h5-9,14H,1-4H3/b13-9-. The lowest BCUT2D eigenvalue weighted by atomic mass is 10.0. The van der Waals surface area contributed by atoms with Gasteiger partial charge in [0.15, 0.2) is 5.92 Å². The number of carbonyl (C=O) groups excluding carboxylic acids is 2. The molecular weight excluding hydrogens is 268 g/mol. The summed E-state index contributed by atoms with van der Waals surface area (Å²) in [5, 5.41) is 0. The Morgan fingerprint density at radius 3 is 2.43 bits per heavy atom. The van der Waals surface area contributed by atoms with E-state index in [1.54, 1.807) is 13.0 Å². The number of hydrogen-bond donors (Lipinski definition) is 0. The Kier molecular flexibility index (Phi) is 4.21. The van der Waals surface area contributed by atoms with Crippen molar-refractivity contribution in [1.29, 1.82) is 0 Å². The highest BCUT2D eigenvalue weighted by atomic mass is 16.5. The van der Waals surface area contributed by atoms with Crippen LogP contribution in [-0.2, 0) is 14.3 Å². The predicted molar refractivity (Wildman–Crippen MR) is 82.4 cm³/mol. The molecular formula is C16H18N2O3. The van der Waals surface area contributed by atoms with Gasteiger partial charge in [-0.2, -0.15) is 0 Å². The van der Waals surface area contributed by atoms with Gasteiger partial charge in [-0.05, 0) is 30.7 Å². The van der Waals surface area contributed by atoms with Crippen LogP contribution in [0.3, 0.4) is 0 Å². The minimum Gasteiger partial charge on any atom is -0.468 e. The summed E-state index contributed by atoms with van der Waals surface area (Å²) in [4.78, 5) is 30.0. The van der Waals surface area contributed by atoms with Gasteiger partial charge in [-0.15, -0.1) is 0 Å². The zero-order valence-corrected chi connectivity index (χ0v) is 12.6. The lowest BCUT2D eigenvalue weighted by molar-refractivity contribution is -0.145. The topological polar surface area (TPSA) is 59.0 Å². The number of ether oxygens (including phenoxy) is 1. The van der Waals surface area contributed by atoms with Crippen LogP contribution in [0.15, 0.2) is 35.0 Å². The number of allylic oxidation sites excluding steroid dienone is 1. The smallest absolute Gasteiger partial charge is 0.322 e. The van der Waals surface area contributed by atoms with Crippen molar-refractivity contribution in [1.82, 2.24) is 0 Å². The van der Waals surface area contributed by atoms with Crippen molar-refractivity contribution in [2.45, 2.75) is 6.92 Å². The van der Waals surface area contributed by atoms with E-state index >= 15 is 0 Å². The molecule has 1 unspecified atom stereocenters. The predicted octanol–water partition coefficient (Wildman–Crippen LogP) is 1.93. The number of nitrogens with zero attached hydrogens (tertiary/aromatic N) is 2. The van der Waals surface area contributed by atoms with Crippen molar-refractivity contribution in [3.8, 4) is 0 Å². The zero-order chi connectivity index (χ0) is 15.6. The van der Waals surface area contributed by atoms with Crippen LogP contribution in [-0.4, -0.2) is 38.7 Å². The number of carbonyl (C=O) groups is 2. The van der Waals surface area contributed by atoms with Crippen LogP contribution in [0.1, 0.15) is 12.5 Å². The molecule has 1 atom stereocenters. The summed E-state index contributed by atoms with van der Waals surface area (Å²) in [5.74, 6) is -1.77. The van der Waals surface area contributed by atoms with Crippen LogP contribution < -0.4 is 4.90 Å². The molecule has 0 amide bonds. The van der Waals surface area contributed by atoms with Gasteiger partial charge in [0.2, 0.25) is 5.78 Å². The number of rotatable bonds is 3. The van der Waals surface area contributed by atoms with E-state index in [2.05, 4.69) is 9.73 Å². The molecule has 0 radical (unpaired) electrons. The molecule has 0 saturated heterocycles. The molecule has 1 heterocycles. The van der Waals surface area contributed by atoms with Gasteiger partial charge in [0, 0.05) is 25.5 Å². The van der Waals surface area contributed by atoms with E-state index in [1.165, 1.54) is 7.11 Å². The summed E-state index contributed by atoms with van der Waals surface area (Å²) in [6.45, 7) is 1.66. The largest absolute Gasteiger partial charge is 0.468 e. The van der Waals surface area contributed by atoms with Gasteiger partial charge in [-0.3, -0.25) is 14.6 Å². The molecule has 1 aromatic carbocycles. The van der Waals surface area contributed by atoms with Crippen molar-refractivity contribution in [2.75, 3.05) is 26.1 Å². The van der Waals surface area contributed by atoms with Gasteiger partial charge in [0.25, 0.3) is 0 Å². The van der Waals surface area contributed by atoms with Gasteiger partial charge in [-0.1, -0.05) is 12.1 Å². The molecule has 21 heavy (non-hydrogen) atoms. The molecule has 0 N–H and O–H groups in total. The number of anilines is 1. The molecule has 0 bridgehead atoms. The number of esters is 1. The Morgan fingerprint density at radius 2 is 1.90 bits per heavy atom. The monoisotopic (exact) mass is 286 g/mol. The average molecular weight is 286 g/mol. The number of Topliss-reactive ketones (excluding diaryl/α,β-unsaturated/α-hetero) is 1. The highest BCUT2D eigenvalue weighted by Gasteiger charge is 2.37. The van der Waals surface area contributed by atoms with E-state index in [9.17, 15) is 9.59 Å². The van der Waals surface area contributed by atoms with E-state index in [1.807, 2.05) is 43.3 Å². The second-order valence-electron chi connectivity index (χ2n) is 5.09. The molecule has 2 rings (SSSR count). The Bertz CT molecular complexity index is 627. The fourth-order valence-electron chi connectivity index (χ4n) is 2.17. The van der Waals surface area contributed by atoms with E-state index in [4.69, 9.17) is 0 Å². The highest BCUT2D eigenvalue weighted by molar-refractivity contribution is 6.28. The molecule has 1 aliphatic heterocycles. The third kappa shape index (κ3) is 3.02. The minimum absolute atomic E-state index is 0.292. The Labute approximate surface area is 123 Å². The van der Waals surface area contributed by atoms with Crippen molar-refractivity contribution in [2.24, 2.45) is 10.9 Å². The normalized spacial score (nSPS) is 19.6. The Hall–Kier alpha value is -2.43. The maximum Gasteiger partial charge on any atom is 0.322 e. The van der Waals surface area contributed by atoms with Crippen molar-refractivity contribution < 1.29 is 14.3 Å². The first-order valence-corrected chi connectivity index (χ1v) is 6.60. The fraction of sp³-hybridized carbons (Fsp3) is 0.312. The number of methoxy groups -OCH3 is 1. The third-order valence-electron chi connectivity index (χ3n) is 3.38. The van der Waals surface area contributed by atoms with Gasteiger partial charge in [0.05, 0.1) is 7.11 Å². The SMILES string of the molecule is COC(=O)C1C(=O)/C(=C/c2ccc(N(C)C)cc2)N=C1C. The molecule has 1 aromatic rings. The lowest BCUT2D eigenvalue weighted by Crippen LogP contribution is -2.27. The summed E-state index contributed by atoms with van der Waals surface area (Å²) >= 11 is 0. The zero-order valence-electron chi connectivity index (χ0n) is 12.6. The molecule has 110 valence electrons. The first kappa shape index (κ1) is 15.0. The number of benzene rings is 1. The first-order chi connectivity index (χ1) is 9.93. The van der Waals surface area contributed by atoms with E-state index in [0.29, 0.717) is 11.4 Å². The summed E-state index contributed by atoms with van der Waals surface area (Å²) in [5.41, 5.74) is 2.71. The van der Waals surface area contributed by atoms with E-state index in [-0.39, 0.29) is 5.78 Å². The van der Waals surface area contributed by atoms with Crippen LogP contribution in [0, 0.1) is 5.92 Å². The third-order valence-corrected chi connectivity index (χ3v) is 3.38. The molecule has 5 heteroatoms. The second-order valence-corrected chi connectivity index (χ2v) is 5.09. The highest BCUT2D eigenvalue weighted by Crippen LogP contribution is 2.24. The maximum absolute atomic E-state index is 12.2. The molecule has 1 aliphatic rings. The quantitative estimate of drug-likeness (QED) is 0.484. The average Bonchev–Trinajstić information content (AvgIpc) is 2.73. The fourth-order valence-corrected chi connectivity index (χ4v) is 2.17. The van der Waals surface area contributed by atoms with Crippen LogP contribution in [0.5, 0.6) is 0 Å². The number of ketones is 1. The lowest BCUT2D eigenvalue weighted by Gasteiger charge is -2.11. The van der Waals surface area contributed by atoms with Crippen molar-refractivity contribution >= 4 is 29.2 Å². The minimum atomic E-state index is -0.901. The van der Waals surface area contributed by atoms with Gasteiger partial charge >= 0.3 is 5.97 Å². The van der Waals surface area contributed by atoms with Gasteiger partial charge < -0.3 is 9.64 Å². The molecule has 0 fully saturated rings. The van der Waals surface area contributed by atoms with Crippen molar-refractivity contribution in [3.63, 3.8) is 0 Å². The molecule has 5 nitrogen and oxygen atoms in total. The number of hydrogen-bond acceptors (Lipinski definition) is 5. The van der Waals surface area contributed by atoms with Crippen molar-refractivity contribution in [3.05, 3.63) is 35.5 Å². The van der Waals surface area contributed by atoms with Crippen LogP contribution in [0.2, 0.25) is 0 Å². The van der Waals surface area contributed by atoms with Crippen LogP contribution >= 0.6 is 0 Å². The van der Waals surface area contributed by atoms with Crippen LogP contribution in [0.25, 0.3) is 6.08 Å². The molecule has 0 aromatic heterocycles. The second kappa shape index (κ2) is 5.91. The summed E-state index contributed by atoms with van der Waals surface area (Å²) < 4.78 is 4.64. The first-order valence-electron chi connectivity index (χ1n) is 6.60. The summed E-state index contributed by atoms with van der Waals surface area (Å²) in [7, 11) is 5.19. The van der Waals surface area contributed by atoms with E-state index in [0.717, 1.165) is 11.3 Å². The van der Waals surface area contributed by atoms with Gasteiger partial charge in [-0.25, -0.2) is 0 Å². The van der Waals surface area contributed by atoms with Crippen LogP contribution in [0.4, 0.5) is 5.69 Å². The Balaban J connectivity index is 2.26. The molecule has 0 saturated carbocycles. The summed E-state index contributed by atoms with van der Waals surface area (Å²) in [6, 6.07) is 7.73. The Morgan fingerprint density at radius 1 is 1.29 bits per heavy atom. The molecule has 0 aliphatic carbocycles. The van der Waals surface area contributed by atoms with Gasteiger partial charge in [0.1, 0.15) is 5.70 Å². The molecule has 0 spiro atoms.